The highest BCUT2D eigenvalue weighted by Gasteiger charge is 2.12. The minimum Gasteiger partial charge on any atom is -0.490 e. The lowest BCUT2D eigenvalue weighted by molar-refractivity contribution is 0.277. The largest absolute Gasteiger partial charge is 0.490 e. The number of oxazole rings is 1. The van der Waals surface area contributed by atoms with Crippen LogP contribution in [-0.4, -0.2) is 24.4 Å². The molecule has 1 aromatic heterocycles. The van der Waals surface area contributed by atoms with Gasteiger partial charge in [0.25, 0.3) is 5.88 Å². The molecule has 0 saturated heterocycles. The van der Waals surface area contributed by atoms with E-state index in [4.69, 9.17) is 19.2 Å². The number of ether oxygens (including phenoxy) is 2. The van der Waals surface area contributed by atoms with Gasteiger partial charge in [-0.2, -0.15) is 15.3 Å². The second kappa shape index (κ2) is 9.28. The van der Waals surface area contributed by atoms with Gasteiger partial charge in [-0.05, 0) is 44.0 Å². The average molecular weight is 354 g/mol. The maximum absolute atomic E-state index is 9.10. The summed E-state index contributed by atoms with van der Waals surface area (Å²) in [6, 6.07) is 7.50. The predicted molar refractivity (Wildman–Crippen MR) is 101 cm³/mol. The van der Waals surface area contributed by atoms with Gasteiger partial charge in [0.1, 0.15) is 6.07 Å². The number of nitrogens with zero attached hydrogens (tertiary/aromatic N) is 3. The van der Waals surface area contributed by atoms with E-state index in [-0.39, 0.29) is 11.6 Å². The molecule has 1 heterocycles. The van der Waals surface area contributed by atoms with Crippen LogP contribution in [0.5, 0.6) is 11.5 Å². The number of rotatable bonds is 9. The van der Waals surface area contributed by atoms with E-state index < -0.39 is 0 Å². The summed E-state index contributed by atoms with van der Waals surface area (Å²) in [6.45, 7) is 10.6. The lowest BCUT2D eigenvalue weighted by Crippen LogP contribution is -2.01. The van der Waals surface area contributed by atoms with E-state index >= 15 is 0 Å². The van der Waals surface area contributed by atoms with Crippen molar-refractivity contribution in [2.24, 2.45) is 5.10 Å². The molecule has 2 aromatic rings. The fraction of sp³-hybridized carbons (Fsp3) is 0.316. The molecule has 1 aromatic carbocycles. The molecule has 0 radical (unpaired) electrons. The van der Waals surface area contributed by atoms with Crippen LogP contribution in [0.25, 0.3) is 5.57 Å². The molecule has 0 aliphatic heterocycles. The van der Waals surface area contributed by atoms with Crippen molar-refractivity contribution in [1.82, 2.24) is 4.98 Å². The molecular formula is C19H22N4O3. The van der Waals surface area contributed by atoms with E-state index in [1.807, 2.05) is 38.1 Å². The van der Waals surface area contributed by atoms with Crippen molar-refractivity contribution in [3.8, 4) is 17.6 Å². The van der Waals surface area contributed by atoms with E-state index in [2.05, 4.69) is 22.1 Å². The summed E-state index contributed by atoms with van der Waals surface area (Å²) in [5.41, 5.74) is 4.25. The lowest BCUT2D eigenvalue weighted by Gasteiger charge is -2.11. The van der Waals surface area contributed by atoms with Crippen LogP contribution in [0.15, 0.2) is 34.3 Å². The van der Waals surface area contributed by atoms with Gasteiger partial charge in [-0.15, -0.1) is 0 Å². The van der Waals surface area contributed by atoms with Crippen LogP contribution in [0, 0.1) is 11.3 Å². The molecule has 7 heteroatoms. The number of hydrogen-bond acceptors (Lipinski definition) is 7. The Morgan fingerprint density at radius 3 is 2.85 bits per heavy atom. The van der Waals surface area contributed by atoms with Gasteiger partial charge in [0, 0.05) is 5.57 Å². The van der Waals surface area contributed by atoms with Gasteiger partial charge in [-0.3, -0.25) is 0 Å². The molecule has 136 valence electrons. The highest BCUT2D eigenvalue weighted by atomic mass is 16.5. The lowest BCUT2D eigenvalue weighted by atomic mass is 10.2. The van der Waals surface area contributed by atoms with Crippen molar-refractivity contribution in [2.75, 3.05) is 18.6 Å². The Hall–Kier alpha value is -3.27. The van der Waals surface area contributed by atoms with Crippen LogP contribution in [0.2, 0.25) is 0 Å². The van der Waals surface area contributed by atoms with E-state index in [9.17, 15) is 0 Å². The van der Waals surface area contributed by atoms with Crippen LogP contribution in [-0.2, 0) is 0 Å². The van der Waals surface area contributed by atoms with Gasteiger partial charge >= 0.3 is 0 Å². The molecule has 0 saturated carbocycles. The van der Waals surface area contributed by atoms with Crippen molar-refractivity contribution >= 4 is 17.7 Å². The minimum absolute atomic E-state index is 0.124. The van der Waals surface area contributed by atoms with Crippen molar-refractivity contribution < 1.29 is 13.9 Å². The van der Waals surface area contributed by atoms with E-state index in [1.165, 1.54) is 0 Å². The predicted octanol–water partition coefficient (Wildman–Crippen LogP) is 4.21. The Labute approximate surface area is 152 Å². The van der Waals surface area contributed by atoms with Crippen LogP contribution in [0.4, 0.5) is 5.88 Å². The number of nitriles is 1. The van der Waals surface area contributed by atoms with Gasteiger partial charge in [0.15, 0.2) is 11.5 Å². The van der Waals surface area contributed by atoms with Crippen LogP contribution < -0.4 is 14.9 Å². The van der Waals surface area contributed by atoms with Crippen molar-refractivity contribution in [3.05, 3.63) is 41.9 Å². The second-order valence-electron chi connectivity index (χ2n) is 5.45. The van der Waals surface area contributed by atoms with E-state index in [0.29, 0.717) is 36.2 Å². The Morgan fingerprint density at radius 1 is 1.38 bits per heavy atom. The summed E-state index contributed by atoms with van der Waals surface area (Å²) in [6.07, 6.45) is 2.51. The Kier molecular flexibility index (Phi) is 6.80. The molecular weight excluding hydrogens is 332 g/mol. The summed E-state index contributed by atoms with van der Waals surface area (Å²) in [4.78, 5) is 4.03. The highest BCUT2D eigenvalue weighted by Crippen LogP contribution is 2.28. The minimum atomic E-state index is 0.124. The van der Waals surface area contributed by atoms with E-state index in [0.717, 1.165) is 12.0 Å². The molecule has 0 fully saturated rings. The van der Waals surface area contributed by atoms with Gasteiger partial charge in [-0.1, -0.05) is 13.5 Å². The maximum atomic E-state index is 9.10. The van der Waals surface area contributed by atoms with Crippen molar-refractivity contribution in [2.45, 2.75) is 27.2 Å². The second-order valence-corrected chi connectivity index (χ2v) is 5.45. The summed E-state index contributed by atoms with van der Waals surface area (Å²) in [5.74, 6) is 1.84. The zero-order valence-corrected chi connectivity index (χ0v) is 15.2. The molecule has 0 amide bonds. The first-order valence-electron chi connectivity index (χ1n) is 8.34. The molecule has 2 rings (SSSR count). The Morgan fingerprint density at radius 2 is 2.19 bits per heavy atom. The van der Waals surface area contributed by atoms with Crippen LogP contribution >= 0.6 is 0 Å². The smallest absolute Gasteiger partial charge is 0.252 e. The molecule has 1 N–H and O–H groups in total. The molecule has 0 spiro atoms. The Bertz CT molecular complexity index is 834. The zero-order valence-electron chi connectivity index (χ0n) is 15.2. The standard InChI is InChI=1S/C19H22N4O3/c1-5-9-25-16-8-7-14(10-17(16)24-6-2)12-21-23-19-15(11-20)22-18(26-19)13(3)4/h7-8,10,12,23H,3,5-6,9H2,1-2,4H3/b21-12+. The summed E-state index contributed by atoms with van der Waals surface area (Å²) in [5, 5.41) is 13.2. The van der Waals surface area contributed by atoms with Crippen LogP contribution in [0.3, 0.4) is 0 Å². The average Bonchev–Trinajstić information content (AvgIpc) is 3.05. The maximum Gasteiger partial charge on any atom is 0.252 e. The molecule has 0 aliphatic carbocycles. The molecule has 0 aliphatic rings. The molecule has 0 bridgehead atoms. The fourth-order valence-corrected chi connectivity index (χ4v) is 2.02. The topological polar surface area (TPSA) is 92.7 Å². The number of anilines is 1. The number of allylic oxidation sites excluding steroid dienone is 1. The van der Waals surface area contributed by atoms with Crippen molar-refractivity contribution in [3.63, 3.8) is 0 Å². The summed E-state index contributed by atoms with van der Waals surface area (Å²) < 4.78 is 16.7. The van der Waals surface area contributed by atoms with Crippen molar-refractivity contribution in [1.29, 1.82) is 5.26 Å². The third-order valence-electron chi connectivity index (χ3n) is 3.21. The molecule has 0 unspecified atom stereocenters. The third-order valence-corrected chi connectivity index (χ3v) is 3.21. The SMILES string of the molecule is C=C(C)c1nc(C#N)c(N/N=C/c2ccc(OCCC)c(OCC)c2)o1. The third kappa shape index (κ3) is 4.86. The number of hydrogen-bond donors (Lipinski definition) is 1. The van der Waals surface area contributed by atoms with Crippen LogP contribution in [0.1, 0.15) is 44.3 Å². The number of aromatic nitrogens is 1. The Balaban J connectivity index is 2.14. The monoisotopic (exact) mass is 354 g/mol. The highest BCUT2D eigenvalue weighted by molar-refractivity contribution is 5.81. The number of benzene rings is 1. The molecule has 26 heavy (non-hydrogen) atoms. The summed E-state index contributed by atoms with van der Waals surface area (Å²) in [7, 11) is 0. The fourth-order valence-electron chi connectivity index (χ4n) is 2.02. The quantitative estimate of drug-likeness (QED) is 0.535. The van der Waals surface area contributed by atoms with Gasteiger partial charge < -0.3 is 13.9 Å². The first kappa shape index (κ1) is 19.1. The number of hydrazone groups is 1. The van der Waals surface area contributed by atoms with Gasteiger partial charge in [-0.25, -0.2) is 5.43 Å². The first-order chi connectivity index (χ1) is 12.6. The normalized spacial score (nSPS) is 10.5. The molecule has 0 atom stereocenters. The van der Waals surface area contributed by atoms with E-state index in [1.54, 1.807) is 13.1 Å². The van der Waals surface area contributed by atoms with Gasteiger partial charge in [0.05, 0.1) is 19.4 Å². The summed E-state index contributed by atoms with van der Waals surface area (Å²) >= 11 is 0. The zero-order chi connectivity index (χ0) is 18.9. The number of nitrogens with one attached hydrogen (secondary N) is 1. The first-order valence-corrected chi connectivity index (χ1v) is 8.34. The van der Waals surface area contributed by atoms with Gasteiger partial charge in [0.2, 0.25) is 11.6 Å². The molecule has 7 nitrogen and oxygen atoms in total.